The molecule has 4 aromatic rings. The van der Waals surface area contributed by atoms with E-state index in [0.717, 1.165) is 11.1 Å². The molecule has 0 aliphatic heterocycles. The molecule has 0 saturated carbocycles. The summed E-state index contributed by atoms with van der Waals surface area (Å²) in [6, 6.07) is 19.4. The number of pyridine rings is 1. The molecular formula is C31H25ClF6N2O4. The first-order valence-corrected chi connectivity index (χ1v) is 13.4. The molecule has 0 amide bonds. The van der Waals surface area contributed by atoms with Crippen LogP contribution in [-0.2, 0) is 11.3 Å². The van der Waals surface area contributed by atoms with Gasteiger partial charge in [-0.15, -0.1) is 13.2 Å². The van der Waals surface area contributed by atoms with Crippen molar-refractivity contribution in [3.8, 4) is 28.0 Å². The summed E-state index contributed by atoms with van der Waals surface area (Å²) in [5.74, 6) is -2.84. The molecule has 0 fully saturated rings. The Hall–Kier alpha value is -4.29. The van der Waals surface area contributed by atoms with Crippen LogP contribution in [0, 0.1) is 13.8 Å². The molecule has 0 saturated heterocycles. The Labute approximate surface area is 252 Å². The number of alkyl halides is 6. The predicted molar refractivity (Wildman–Crippen MR) is 152 cm³/mol. The highest BCUT2D eigenvalue weighted by molar-refractivity contribution is 6.31. The molecule has 6 nitrogen and oxygen atoms in total. The van der Waals surface area contributed by atoms with Crippen molar-refractivity contribution in [1.29, 1.82) is 0 Å². The molecule has 4 rings (SSSR count). The molecule has 0 bridgehead atoms. The number of aromatic nitrogens is 1. The van der Waals surface area contributed by atoms with Crippen molar-refractivity contribution < 1.29 is 40.7 Å². The van der Waals surface area contributed by atoms with Crippen molar-refractivity contribution in [3.05, 3.63) is 111 Å². The Morgan fingerprint density at radius 3 is 2.14 bits per heavy atom. The third kappa shape index (κ3) is 7.43. The van der Waals surface area contributed by atoms with Gasteiger partial charge < -0.3 is 14.9 Å². The van der Waals surface area contributed by atoms with E-state index in [0.29, 0.717) is 21.4 Å². The van der Waals surface area contributed by atoms with Gasteiger partial charge in [0.2, 0.25) is 5.43 Å². The lowest BCUT2D eigenvalue weighted by Gasteiger charge is -2.20. The maximum absolute atomic E-state index is 13.3. The lowest BCUT2D eigenvalue weighted by Crippen LogP contribution is -2.36. The number of benzene rings is 3. The summed E-state index contributed by atoms with van der Waals surface area (Å²) in [6.45, 7) is 4.61. The van der Waals surface area contributed by atoms with Crippen molar-refractivity contribution in [3.63, 3.8) is 0 Å². The Morgan fingerprint density at radius 2 is 1.55 bits per heavy atom. The monoisotopic (exact) mass is 638 g/mol. The van der Waals surface area contributed by atoms with Crippen molar-refractivity contribution in [2.75, 3.05) is 0 Å². The van der Waals surface area contributed by atoms with Gasteiger partial charge in [0.15, 0.2) is 0 Å². The van der Waals surface area contributed by atoms with Gasteiger partial charge in [0, 0.05) is 12.6 Å². The molecule has 1 unspecified atom stereocenters. The quantitative estimate of drug-likeness (QED) is 0.200. The second kappa shape index (κ2) is 12.7. The van der Waals surface area contributed by atoms with E-state index in [-0.39, 0.29) is 35.3 Å². The minimum Gasteiger partial charge on any atom is -0.406 e. The standard InChI is InChI=1S/C31H25ClF6N2O4/c1-17(20-9-12-24(13-10-20)43-31(36,37)38)39-16-23-15-22(11-14-25(23)21-7-5-4-6-8-21)26-18(2)40(19(3)27(32)28(26)41)44-29(42)30(33,34)35/h4-15,17,39H,16H2,1-3H3. The molecule has 1 heterocycles. The van der Waals surface area contributed by atoms with Gasteiger partial charge in [0.25, 0.3) is 0 Å². The van der Waals surface area contributed by atoms with E-state index in [2.05, 4.69) is 14.9 Å². The summed E-state index contributed by atoms with van der Waals surface area (Å²) in [4.78, 5) is 29.5. The first-order valence-electron chi connectivity index (χ1n) is 13.1. The van der Waals surface area contributed by atoms with Gasteiger partial charge in [-0.1, -0.05) is 66.2 Å². The van der Waals surface area contributed by atoms with Crippen LogP contribution in [0.4, 0.5) is 26.3 Å². The number of carbonyl (C=O) groups is 1. The molecule has 1 atom stereocenters. The predicted octanol–water partition coefficient (Wildman–Crippen LogP) is 7.72. The zero-order chi connectivity index (χ0) is 32.4. The number of carbonyl (C=O) groups excluding carboxylic acids is 1. The van der Waals surface area contributed by atoms with Crippen LogP contribution < -0.4 is 20.3 Å². The number of hydrogen-bond acceptors (Lipinski definition) is 5. The molecule has 3 aromatic carbocycles. The first kappa shape index (κ1) is 32.6. The lowest BCUT2D eigenvalue weighted by molar-refractivity contribution is -0.274. The van der Waals surface area contributed by atoms with Crippen LogP contribution in [0.15, 0.2) is 77.6 Å². The van der Waals surface area contributed by atoms with Gasteiger partial charge in [-0.05, 0) is 66.8 Å². The van der Waals surface area contributed by atoms with Crippen LogP contribution in [0.5, 0.6) is 5.75 Å². The van der Waals surface area contributed by atoms with Crippen molar-refractivity contribution in [2.45, 2.75) is 45.9 Å². The van der Waals surface area contributed by atoms with Gasteiger partial charge in [0.1, 0.15) is 10.8 Å². The number of halogens is 7. The van der Waals surface area contributed by atoms with E-state index in [4.69, 9.17) is 11.6 Å². The van der Waals surface area contributed by atoms with Crippen molar-refractivity contribution >= 4 is 17.6 Å². The number of hydrogen-bond donors (Lipinski definition) is 1. The van der Waals surface area contributed by atoms with Gasteiger partial charge in [-0.3, -0.25) is 4.79 Å². The Morgan fingerprint density at radius 1 is 0.909 bits per heavy atom. The highest BCUT2D eigenvalue weighted by Gasteiger charge is 2.42. The van der Waals surface area contributed by atoms with E-state index >= 15 is 0 Å². The Balaban J connectivity index is 1.73. The number of nitrogens with one attached hydrogen (secondary N) is 1. The fraction of sp³-hybridized carbons (Fsp3) is 0.226. The highest BCUT2D eigenvalue weighted by Crippen LogP contribution is 2.32. The maximum Gasteiger partial charge on any atom is 0.573 e. The average Bonchev–Trinajstić information content (AvgIpc) is 2.96. The normalized spacial score (nSPS) is 12.6. The number of ether oxygens (including phenoxy) is 1. The van der Waals surface area contributed by atoms with Gasteiger partial charge in [0.05, 0.1) is 17.0 Å². The summed E-state index contributed by atoms with van der Waals surface area (Å²) >= 11 is 6.20. The average molecular weight is 639 g/mol. The SMILES string of the molecule is Cc1c(Cl)c(=O)c(-c2ccc(-c3ccccc3)c(CNC(C)c3ccc(OC(F)(F)F)cc3)c2)c(C)n1OC(=O)C(F)(F)F. The molecule has 0 radical (unpaired) electrons. The minimum absolute atomic E-state index is 0.0651. The van der Waals surface area contributed by atoms with E-state index in [9.17, 15) is 35.9 Å². The van der Waals surface area contributed by atoms with Gasteiger partial charge in [-0.2, -0.15) is 17.9 Å². The summed E-state index contributed by atoms with van der Waals surface area (Å²) < 4.78 is 81.0. The van der Waals surface area contributed by atoms with E-state index < -0.39 is 29.0 Å². The zero-order valence-electron chi connectivity index (χ0n) is 23.4. The molecule has 0 spiro atoms. The molecule has 44 heavy (non-hydrogen) atoms. The van der Waals surface area contributed by atoms with Crippen molar-refractivity contribution in [1.82, 2.24) is 10.0 Å². The summed E-state index contributed by atoms with van der Waals surface area (Å²) in [7, 11) is 0. The zero-order valence-corrected chi connectivity index (χ0v) is 24.2. The first-order chi connectivity index (χ1) is 20.6. The van der Waals surface area contributed by atoms with Crippen LogP contribution in [0.3, 0.4) is 0 Å². The smallest absolute Gasteiger partial charge is 0.406 e. The van der Waals surface area contributed by atoms with Gasteiger partial charge in [-0.25, -0.2) is 4.79 Å². The third-order valence-corrected chi connectivity index (χ3v) is 7.26. The Kier molecular flexibility index (Phi) is 9.45. The number of rotatable bonds is 8. The number of nitrogens with zero attached hydrogens (tertiary/aromatic N) is 1. The van der Waals surface area contributed by atoms with E-state index in [1.807, 2.05) is 37.3 Å². The summed E-state index contributed by atoms with van der Waals surface area (Å²) in [5, 5.41) is 2.89. The molecule has 0 aliphatic carbocycles. The van der Waals surface area contributed by atoms with Crippen LogP contribution in [0.25, 0.3) is 22.3 Å². The topological polar surface area (TPSA) is 69.6 Å². The van der Waals surface area contributed by atoms with Crippen LogP contribution in [0.1, 0.15) is 35.5 Å². The molecule has 0 aliphatic rings. The molecule has 1 aromatic heterocycles. The van der Waals surface area contributed by atoms with Crippen LogP contribution in [-0.4, -0.2) is 23.2 Å². The molecular weight excluding hydrogens is 614 g/mol. The summed E-state index contributed by atoms with van der Waals surface area (Å²) in [5.41, 5.74) is 2.30. The highest BCUT2D eigenvalue weighted by atomic mass is 35.5. The van der Waals surface area contributed by atoms with E-state index in [1.165, 1.54) is 38.1 Å². The lowest BCUT2D eigenvalue weighted by atomic mass is 9.93. The second-order valence-corrected chi connectivity index (χ2v) is 10.2. The summed E-state index contributed by atoms with van der Waals surface area (Å²) in [6.07, 6.45) is -10.1. The fourth-order valence-electron chi connectivity index (χ4n) is 4.63. The minimum atomic E-state index is -5.28. The third-order valence-electron chi connectivity index (χ3n) is 6.81. The largest absolute Gasteiger partial charge is 0.573 e. The molecule has 232 valence electrons. The molecule has 13 heteroatoms. The maximum atomic E-state index is 13.3. The fourth-order valence-corrected chi connectivity index (χ4v) is 4.80. The molecule has 1 N–H and O–H groups in total. The Bertz CT molecular complexity index is 1720. The van der Waals surface area contributed by atoms with Crippen LogP contribution in [0.2, 0.25) is 5.02 Å². The van der Waals surface area contributed by atoms with Crippen molar-refractivity contribution in [2.24, 2.45) is 0 Å². The van der Waals surface area contributed by atoms with Gasteiger partial charge >= 0.3 is 18.5 Å². The second-order valence-electron chi connectivity index (χ2n) is 9.82. The van der Waals surface area contributed by atoms with E-state index in [1.54, 1.807) is 18.2 Å². The van der Waals surface area contributed by atoms with Crippen LogP contribution >= 0.6 is 11.6 Å².